The van der Waals surface area contributed by atoms with Crippen molar-refractivity contribution in [2.24, 2.45) is 0 Å². The van der Waals surface area contributed by atoms with Crippen molar-refractivity contribution in [3.8, 4) is 5.75 Å². The maximum absolute atomic E-state index is 13.1. The highest BCUT2D eigenvalue weighted by Crippen LogP contribution is 2.20. The summed E-state index contributed by atoms with van der Waals surface area (Å²) in [5.74, 6) is 0.844. The molecule has 4 rings (SSSR count). The molecule has 2 heterocycles. The standard InChI is InChI=1S/C23H27N3O3/c27-22(18-29-20-9-5-2-6-10-20)25-12-11-21-23(28)26(16-14-24(21)13-15-25)17-19-7-3-1-4-8-19/h1-10,21H,11-18H2. The van der Waals surface area contributed by atoms with Crippen LogP contribution in [0.15, 0.2) is 60.7 Å². The van der Waals surface area contributed by atoms with Crippen molar-refractivity contribution in [2.45, 2.75) is 19.0 Å². The van der Waals surface area contributed by atoms with Crippen LogP contribution in [0.1, 0.15) is 12.0 Å². The van der Waals surface area contributed by atoms with Crippen LogP contribution in [0.2, 0.25) is 0 Å². The molecule has 0 radical (unpaired) electrons. The fourth-order valence-corrected chi connectivity index (χ4v) is 4.06. The predicted octanol–water partition coefficient (Wildman–Crippen LogP) is 2.01. The van der Waals surface area contributed by atoms with Gasteiger partial charge >= 0.3 is 0 Å². The predicted molar refractivity (Wildman–Crippen MR) is 110 cm³/mol. The monoisotopic (exact) mass is 393 g/mol. The van der Waals surface area contributed by atoms with E-state index in [0.717, 1.165) is 25.2 Å². The second kappa shape index (κ2) is 9.09. The minimum absolute atomic E-state index is 0.0257. The van der Waals surface area contributed by atoms with E-state index in [1.807, 2.05) is 58.3 Å². The number of hydrogen-bond donors (Lipinski definition) is 0. The Balaban J connectivity index is 1.33. The Bertz CT molecular complexity index is 828. The number of nitrogens with zero attached hydrogens (tertiary/aromatic N) is 3. The number of rotatable bonds is 5. The van der Waals surface area contributed by atoms with Crippen LogP contribution in [0, 0.1) is 0 Å². The quantitative estimate of drug-likeness (QED) is 0.780. The summed E-state index contributed by atoms with van der Waals surface area (Å²) in [5.41, 5.74) is 1.15. The molecule has 2 aromatic carbocycles. The van der Waals surface area contributed by atoms with Gasteiger partial charge in [-0.3, -0.25) is 14.5 Å². The van der Waals surface area contributed by atoms with E-state index in [0.29, 0.717) is 31.8 Å². The van der Waals surface area contributed by atoms with Gasteiger partial charge < -0.3 is 14.5 Å². The SMILES string of the molecule is O=C(COc1ccccc1)N1CCC2C(=O)N(Cc3ccccc3)CCN2CC1. The van der Waals surface area contributed by atoms with Gasteiger partial charge in [0.1, 0.15) is 5.75 Å². The van der Waals surface area contributed by atoms with Crippen LogP contribution in [0.3, 0.4) is 0 Å². The van der Waals surface area contributed by atoms with Gasteiger partial charge in [0.2, 0.25) is 5.91 Å². The van der Waals surface area contributed by atoms with Gasteiger partial charge in [-0.2, -0.15) is 0 Å². The molecule has 2 aliphatic rings. The van der Waals surface area contributed by atoms with Gasteiger partial charge in [0.25, 0.3) is 5.91 Å². The maximum Gasteiger partial charge on any atom is 0.260 e. The van der Waals surface area contributed by atoms with Crippen molar-refractivity contribution >= 4 is 11.8 Å². The van der Waals surface area contributed by atoms with Gasteiger partial charge in [0, 0.05) is 39.3 Å². The normalized spacial score (nSPS) is 20.1. The van der Waals surface area contributed by atoms with Crippen molar-refractivity contribution in [1.29, 1.82) is 0 Å². The fourth-order valence-electron chi connectivity index (χ4n) is 4.06. The molecule has 0 saturated carbocycles. The van der Waals surface area contributed by atoms with Crippen LogP contribution in [0.25, 0.3) is 0 Å². The number of carbonyl (C=O) groups excluding carboxylic acids is 2. The van der Waals surface area contributed by atoms with Crippen molar-refractivity contribution < 1.29 is 14.3 Å². The maximum atomic E-state index is 13.1. The molecule has 0 N–H and O–H groups in total. The second-order valence-corrected chi connectivity index (χ2v) is 7.57. The number of para-hydroxylation sites is 1. The molecule has 6 heteroatoms. The summed E-state index contributed by atoms with van der Waals surface area (Å²) in [6, 6.07) is 19.3. The molecular formula is C23H27N3O3. The zero-order chi connectivity index (χ0) is 20.1. The van der Waals surface area contributed by atoms with Crippen molar-refractivity contribution in [2.75, 3.05) is 39.3 Å². The molecule has 2 amide bonds. The van der Waals surface area contributed by atoms with E-state index in [2.05, 4.69) is 17.0 Å². The molecule has 1 atom stereocenters. The third-order valence-electron chi connectivity index (χ3n) is 5.70. The van der Waals surface area contributed by atoms with Gasteiger partial charge in [-0.15, -0.1) is 0 Å². The lowest BCUT2D eigenvalue weighted by Crippen LogP contribution is -2.56. The molecule has 6 nitrogen and oxygen atoms in total. The van der Waals surface area contributed by atoms with Crippen LogP contribution >= 0.6 is 0 Å². The molecule has 0 spiro atoms. The first-order chi connectivity index (χ1) is 14.2. The summed E-state index contributed by atoms with van der Waals surface area (Å²) in [5, 5.41) is 0. The van der Waals surface area contributed by atoms with E-state index in [9.17, 15) is 9.59 Å². The number of amides is 2. The molecule has 29 heavy (non-hydrogen) atoms. The second-order valence-electron chi connectivity index (χ2n) is 7.57. The van der Waals surface area contributed by atoms with E-state index in [-0.39, 0.29) is 24.5 Å². The number of carbonyl (C=O) groups is 2. The summed E-state index contributed by atoms with van der Waals surface area (Å²) in [6.45, 7) is 4.22. The Morgan fingerprint density at radius 2 is 1.59 bits per heavy atom. The number of fused-ring (bicyclic) bond motifs is 1. The van der Waals surface area contributed by atoms with Gasteiger partial charge in [-0.25, -0.2) is 0 Å². The smallest absolute Gasteiger partial charge is 0.260 e. The van der Waals surface area contributed by atoms with E-state index in [4.69, 9.17) is 4.74 Å². The minimum atomic E-state index is -0.139. The van der Waals surface area contributed by atoms with E-state index in [1.165, 1.54) is 0 Å². The Morgan fingerprint density at radius 3 is 2.34 bits per heavy atom. The van der Waals surface area contributed by atoms with Crippen molar-refractivity contribution in [3.05, 3.63) is 66.2 Å². The Morgan fingerprint density at radius 1 is 0.897 bits per heavy atom. The molecule has 2 aromatic rings. The van der Waals surface area contributed by atoms with Gasteiger partial charge in [-0.1, -0.05) is 48.5 Å². The first kappa shape index (κ1) is 19.5. The zero-order valence-corrected chi connectivity index (χ0v) is 16.6. The molecule has 0 bridgehead atoms. The molecule has 1 unspecified atom stereocenters. The van der Waals surface area contributed by atoms with Gasteiger partial charge in [0.15, 0.2) is 6.61 Å². The summed E-state index contributed by atoms with van der Waals surface area (Å²) >= 11 is 0. The van der Waals surface area contributed by atoms with Crippen molar-refractivity contribution in [3.63, 3.8) is 0 Å². The fraction of sp³-hybridized carbons (Fsp3) is 0.391. The van der Waals surface area contributed by atoms with Crippen LogP contribution < -0.4 is 4.74 Å². The Labute approximate surface area is 171 Å². The molecule has 0 aliphatic carbocycles. The number of benzene rings is 2. The zero-order valence-electron chi connectivity index (χ0n) is 16.6. The highest BCUT2D eigenvalue weighted by Gasteiger charge is 2.37. The lowest BCUT2D eigenvalue weighted by atomic mass is 10.1. The third kappa shape index (κ3) is 4.77. The summed E-state index contributed by atoms with van der Waals surface area (Å²) in [7, 11) is 0. The molecule has 152 valence electrons. The lowest BCUT2D eigenvalue weighted by Gasteiger charge is -2.39. The minimum Gasteiger partial charge on any atom is -0.484 e. The number of hydrogen-bond acceptors (Lipinski definition) is 4. The van der Waals surface area contributed by atoms with E-state index >= 15 is 0 Å². The molecular weight excluding hydrogens is 366 g/mol. The Hall–Kier alpha value is -2.86. The largest absolute Gasteiger partial charge is 0.484 e. The van der Waals surface area contributed by atoms with Gasteiger partial charge in [0.05, 0.1) is 6.04 Å². The van der Waals surface area contributed by atoms with Gasteiger partial charge in [-0.05, 0) is 24.1 Å². The molecule has 2 saturated heterocycles. The average molecular weight is 393 g/mol. The van der Waals surface area contributed by atoms with E-state index < -0.39 is 0 Å². The summed E-state index contributed by atoms with van der Waals surface area (Å²) in [6.07, 6.45) is 0.668. The highest BCUT2D eigenvalue weighted by molar-refractivity contribution is 5.83. The highest BCUT2D eigenvalue weighted by atomic mass is 16.5. The van der Waals surface area contributed by atoms with Crippen LogP contribution in [-0.4, -0.2) is 71.9 Å². The van der Waals surface area contributed by atoms with E-state index in [1.54, 1.807) is 0 Å². The molecule has 2 fully saturated rings. The lowest BCUT2D eigenvalue weighted by molar-refractivity contribution is -0.142. The van der Waals surface area contributed by atoms with Crippen LogP contribution in [-0.2, 0) is 16.1 Å². The topological polar surface area (TPSA) is 53.1 Å². The van der Waals surface area contributed by atoms with Crippen LogP contribution in [0.5, 0.6) is 5.75 Å². The average Bonchev–Trinajstić information content (AvgIpc) is 2.99. The molecule has 0 aromatic heterocycles. The first-order valence-electron chi connectivity index (χ1n) is 10.2. The number of ether oxygens (including phenoxy) is 1. The Kier molecular flexibility index (Phi) is 6.10. The number of piperazine rings is 1. The van der Waals surface area contributed by atoms with Crippen LogP contribution in [0.4, 0.5) is 0 Å². The first-order valence-corrected chi connectivity index (χ1v) is 10.2. The summed E-state index contributed by atoms with van der Waals surface area (Å²) < 4.78 is 5.61. The third-order valence-corrected chi connectivity index (χ3v) is 5.70. The molecule has 2 aliphatic heterocycles. The van der Waals surface area contributed by atoms with Crippen molar-refractivity contribution in [1.82, 2.24) is 14.7 Å². The summed E-state index contributed by atoms with van der Waals surface area (Å²) in [4.78, 5) is 31.7.